The van der Waals surface area contributed by atoms with Gasteiger partial charge >= 0.3 is 12.4 Å². The highest BCUT2D eigenvalue weighted by molar-refractivity contribution is 14.1. The lowest BCUT2D eigenvalue weighted by Gasteiger charge is -2.46. The number of hydrogen-bond donors (Lipinski definition) is 2. The summed E-state index contributed by atoms with van der Waals surface area (Å²) in [6.45, 7) is 1.06. The van der Waals surface area contributed by atoms with Crippen molar-refractivity contribution in [2.45, 2.75) is 44.2 Å². The molecule has 0 spiro atoms. The first kappa shape index (κ1) is 32.6. The van der Waals surface area contributed by atoms with Crippen molar-refractivity contribution < 1.29 is 49.8 Å². The first-order valence-electron chi connectivity index (χ1n) is 13.1. The third-order valence-electron chi connectivity index (χ3n) is 7.69. The van der Waals surface area contributed by atoms with Crippen LogP contribution < -0.4 is 5.32 Å². The van der Waals surface area contributed by atoms with Crippen molar-refractivity contribution >= 4 is 40.1 Å². The van der Waals surface area contributed by atoms with Crippen LogP contribution in [-0.4, -0.2) is 44.0 Å². The molecule has 0 radical (unpaired) electrons. The van der Waals surface area contributed by atoms with E-state index >= 15 is 0 Å². The minimum atomic E-state index is -4.86. The van der Waals surface area contributed by atoms with Gasteiger partial charge in [0, 0.05) is 38.7 Å². The van der Waals surface area contributed by atoms with E-state index < -0.39 is 76.0 Å². The number of aliphatic hydroxyl groups is 1. The predicted octanol–water partition coefficient (Wildman–Crippen LogP) is 7.23. The summed E-state index contributed by atoms with van der Waals surface area (Å²) in [5.41, 5.74) is -6.08. The molecule has 3 aromatic rings. The maximum absolute atomic E-state index is 14.8. The van der Waals surface area contributed by atoms with E-state index in [0.29, 0.717) is 30.8 Å². The molecule has 45 heavy (non-hydrogen) atoms. The molecule has 2 aliphatic rings. The van der Waals surface area contributed by atoms with Gasteiger partial charge < -0.3 is 10.4 Å². The van der Waals surface area contributed by atoms with E-state index in [-0.39, 0.29) is 33.4 Å². The molecular weight excluding hydrogens is 731 g/mol. The van der Waals surface area contributed by atoms with Crippen LogP contribution in [0.25, 0.3) is 11.1 Å². The molecule has 7 nitrogen and oxygen atoms in total. The van der Waals surface area contributed by atoms with Gasteiger partial charge in [0.25, 0.3) is 11.8 Å². The number of hydrogen-bond acceptors (Lipinski definition) is 5. The molecule has 1 saturated heterocycles. The van der Waals surface area contributed by atoms with Crippen molar-refractivity contribution in [2.24, 2.45) is 0 Å². The number of carbonyl (C=O) groups is 2. The van der Waals surface area contributed by atoms with Crippen molar-refractivity contribution in [3.8, 4) is 11.1 Å². The zero-order chi connectivity index (χ0) is 33.1. The first-order valence-corrected chi connectivity index (χ1v) is 14.2. The van der Waals surface area contributed by atoms with E-state index in [1.54, 1.807) is 22.6 Å². The van der Waals surface area contributed by atoms with E-state index in [2.05, 4.69) is 10.3 Å². The van der Waals surface area contributed by atoms with E-state index in [1.165, 1.54) is 11.9 Å². The molecule has 1 fully saturated rings. The average molecular weight is 752 g/mol. The van der Waals surface area contributed by atoms with Crippen molar-refractivity contribution in [1.82, 2.24) is 15.0 Å². The normalized spacial score (nSPS) is 19.2. The minimum Gasteiger partial charge on any atom is -0.509 e. The number of nitrogens with zero attached hydrogens (tertiary/aromatic N) is 3. The smallest absolute Gasteiger partial charge is 0.433 e. The topological polar surface area (TPSA) is 85.8 Å². The summed E-state index contributed by atoms with van der Waals surface area (Å²) in [5.74, 6) is -4.95. The van der Waals surface area contributed by atoms with Gasteiger partial charge in [0.2, 0.25) is 0 Å². The van der Waals surface area contributed by atoms with Crippen LogP contribution in [0.3, 0.4) is 0 Å². The van der Waals surface area contributed by atoms with Gasteiger partial charge in [-0.25, -0.2) is 13.8 Å². The second-order valence-electron chi connectivity index (χ2n) is 10.6. The number of aromatic nitrogens is 1. The van der Waals surface area contributed by atoms with Crippen molar-refractivity contribution in [1.29, 1.82) is 0 Å². The van der Waals surface area contributed by atoms with Gasteiger partial charge in [0.15, 0.2) is 0 Å². The number of rotatable bonds is 5. The number of aliphatic hydroxyl groups excluding tert-OH is 1. The highest BCUT2D eigenvalue weighted by atomic mass is 127. The highest BCUT2D eigenvalue weighted by Gasteiger charge is 2.53. The quantitative estimate of drug-likeness (QED) is 0.163. The molecule has 16 heteroatoms. The lowest BCUT2D eigenvalue weighted by Crippen LogP contribution is -2.60. The third kappa shape index (κ3) is 6.08. The van der Waals surface area contributed by atoms with E-state index in [1.807, 2.05) is 0 Å². The summed E-state index contributed by atoms with van der Waals surface area (Å²) in [4.78, 5) is 30.6. The summed E-state index contributed by atoms with van der Waals surface area (Å²) in [5, 5.41) is 15.8. The van der Waals surface area contributed by atoms with Crippen LogP contribution in [0.2, 0.25) is 0 Å². The van der Waals surface area contributed by atoms with Crippen LogP contribution in [0.5, 0.6) is 0 Å². The standard InChI is InChI=1S/C29H21F8IN4O3/c1-27-7-2-8-42(27)41(13-18-19(30)10-16(38)11-20(18)31)26(45)23(24(27)43)25(44)40-21-5-4-15(28(32,33)34)9-17(21)14-3-6-22(39-12-14)29(35,36)37/h3-6,9-12,43H,2,7-8,13H2,1H3,(H,40,44). The van der Waals surface area contributed by atoms with Gasteiger partial charge in [-0.15, -0.1) is 0 Å². The summed E-state index contributed by atoms with van der Waals surface area (Å²) in [7, 11) is 0. The van der Waals surface area contributed by atoms with Gasteiger partial charge in [0.1, 0.15) is 28.7 Å². The highest BCUT2D eigenvalue weighted by Crippen LogP contribution is 2.43. The monoisotopic (exact) mass is 752 g/mol. The molecule has 1 aromatic heterocycles. The zero-order valence-corrected chi connectivity index (χ0v) is 25.1. The Balaban J connectivity index is 1.55. The Hall–Kier alpha value is -3.80. The second-order valence-corrected chi connectivity index (χ2v) is 11.8. The molecule has 5 rings (SSSR count). The number of amides is 2. The zero-order valence-electron chi connectivity index (χ0n) is 23.0. The number of nitrogens with one attached hydrogen (secondary N) is 1. The summed E-state index contributed by atoms with van der Waals surface area (Å²) in [6, 6.07) is 5.58. The van der Waals surface area contributed by atoms with Crippen LogP contribution in [-0.2, 0) is 28.5 Å². The first-order chi connectivity index (χ1) is 20.9. The van der Waals surface area contributed by atoms with Crippen LogP contribution in [0.1, 0.15) is 36.6 Å². The number of pyridine rings is 1. The number of hydrazine groups is 1. The Morgan fingerprint density at radius 2 is 1.71 bits per heavy atom. The number of alkyl halides is 6. The number of anilines is 1. The van der Waals surface area contributed by atoms with Gasteiger partial charge in [-0.3, -0.25) is 19.6 Å². The van der Waals surface area contributed by atoms with Crippen molar-refractivity contribution in [2.75, 3.05) is 11.9 Å². The fourth-order valence-electron chi connectivity index (χ4n) is 5.39. The van der Waals surface area contributed by atoms with Crippen LogP contribution >= 0.6 is 22.6 Å². The Morgan fingerprint density at radius 1 is 1.04 bits per heavy atom. The average Bonchev–Trinajstić information content (AvgIpc) is 3.34. The van der Waals surface area contributed by atoms with Crippen molar-refractivity contribution in [3.05, 3.63) is 92.0 Å². The molecular formula is C29H21F8IN4O3. The number of halogens is 9. The van der Waals surface area contributed by atoms with Crippen LogP contribution in [0.4, 0.5) is 40.8 Å². The molecule has 1 unspecified atom stereocenters. The Labute approximate surface area is 263 Å². The molecule has 238 valence electrons. The fourth-order valence-corrected chi connectivity index (χ4v) is 5.94. The Kier molecular flexibility index (Phi) is 8.35. The molecule has 0 aliphatic carbocycles. The molecule has 2 aliphatic heterocycles. The molecule has 0 saturated carbocycles. The fraction of sp³-hybridized carbons (Fsp3) is 0.276. The molecule has 2 N–H and O–H groups in total. The largest absolute Gasteiger partial charge is 0.509 e. The van der Waals surface area contributed by atoms with E-state index in [9.17, 15) is 49.8 Å². The lowest BCUT2D eigenvalue weighted by molar-refractivity contribution is -0.160. The Morgan fingerprint density at radius 3 is 2.29 bits per heavy atom. The van der Waals surface area contributed by atoms with E-state index in [4.69, 9.17) is 0 Å². The second kappa shape index (κ2) is 11.5. The SMILES string of the molecule is CC12CCCN1N(Cc1c(F)cc(I)cc1F)C(=O)C(C(=O)Nc1ccc(C(F)(F)F)cc1-c1ccc(C(F)(F)F)nc1)=C2O. The van der Waals surface area contributed by atoms with Crippen LogP contribution in [0.15, 0.2) is 60.0 Å². The number of benzene rings is 2. The summed E-state index contributed by atoms with van der Waals surface area (Å²) < 4.78 is 110. The maximum atomic E-state index is 14.8. The maximum Gasteiger partial charge on any atom is 0.433 e. The molecule has 0 bridgehead atoms. The predicted molar refractivity (Wildman–Crippen MR) is 152 cm³/mol. The molecule has 3 heterocycles. The summed E-state index contributed by atoms with van der Waals surface area (Å²) >= 11 is 1.71. The van der Waals surface area contributed by atoms with Crippen LogP contribution in [0, 0.1) is 15.2 Å². The van der Waals surface area contributed by atoms with Crippen molar-refractivity contribution in [3.63, 3.8) is 0 Å². The van der Waals surface area contributed by atoms with E-state index in [0.717, 1.165) is 29.3 Å². The Bertz CT molecular complexity index is 1700. The molecule has 1 atom stereocenters. The summed E-state index contributed by atoms with van der Waals surface area (Å²) in [6.07, 6.45) is -8.34. The lowest BCUT2D eigenvalue weighted by atomic mass is 9.90. The minimum absolute atomic E-state index is 0.193. The number of carbonyl (C=O) groups excluding carboxylic acids is 2. The third-order valence-corrected chi connectivity index (χ3v) is 8.31. The van der Waals surface area contributed by atoms with Gasteiger partial charge in [0.05, 0.1) is 17.6 Å². The molecule has 2 aromatic carbocycles. The van der Waals surface area contributed by atoms with Gasteiger partial charge in [-0.05, 0) is 78.8 Å². The number of fused-ring (bicyclic) bond motifs is 1. The van der Waals surface area contributed by atoms with Gasteiger partial charge in [-0.1, -0.05) is 6.07 Å². The molecule has 2 amide bonds. The van der Waals surface area contributed by atoms with Gasteiger partial charge in [-0.2, -0.15) is 26.3 Å².